The van der Waals surface area contributed by atoms with Gasteiger partial charge in [0.15, 0.2) is 0 Å². The van der Waals surface area contributed by atoms with Crippen LogP contribution < -0.4 is 0 Å². The molecule has 0 aliphatic carbocycles. The maximum Gasteiger partial charge on any atom is 0.309 e. The molecule has 3 heteroatoms. The minimum absolute atomic E-state index is 0.0259. The summed E-state index contributed by atoms with van der Waals surface area (Å²) < 4.78 is 4.53. The molecule has 1 aromatic rings. The van der Waals surface area contributed by atoms with Gasteiger partial charge in [-0.15, -0.1) is 0 Å². The number of ether oxygens (including phenoxy) is 1. The van der Waals surface area contributed by atoms with Crippen molar-refractivity contribution in [3.05, 3.63) is 41.0 Å². The highest BCUT2D eigenvalue weighted by atomic mass is 16.5. The molecule has 1 aromatic carbocycles. The number of aliphatic hydroxyl groups is 1. The van der Waals surface area contributed by atoms with E-state index in [1.165, 1.54) is 7.11 Å². The van der Waals surface area contributed by atoms with E-state index >= 15 is 0 Å². The fourth-order valence-electron chi connectivity index (χ4n) is 1.33. The van der Waals surface area contributed by atoms with Crippen LogP contribution in [-0.2, 0) is 16.1 Å². The zero-order valence-corrected chi connectivity index (χ0v) is 9.56. The van der Waals surface area contributed by atoms with Crippen molar-refractivity contribution in [1.29, 1.82) is 0 Å². The van der Waals surface area contributed by atoms with E-state index in [1.54, 1.807) is 6.08 Å². The van der Waals surface area contributed by atoms with E-state index in [-0.39, 0.29) is 19.0 Å². The molecule has 86 valence electrons. The number of rotatable bonds is 4. The van der Waals surface area contributed by atoms with E-state index < -0.39 is 0 Å². The van der Waals surface area contributed by atoms with E-state index in [2.05, 4.69) is 4.74 Å². The Hall–Kier alpha value is -1.61. The van der Waals surface area contributed by atoms with Gasteiger partial charge in [0.1, 0.15) is 0 Å². The smallest absolute Gasteiger partial charge is 0.309 e. The molecule has 0 aliphatic rings. The topological polar surface area (TPSA) is 46.5 Å². The summed E-state index contributed by atoms with van der Waals surface area (Å²) in [4.78, 5) is 10.9. The molecule has 0 bridgehead atoms. The second-order valence-electron chi connectivity index (χ2n) is 3.53. The maximum atomic E-state index is 10.9. The molecule has 3 nitrogen and oxygen atoms in total. The largest absolute Gasteiger partial charge is 0.469 e. The third-order valence-corrected chi connectivity index (χ3v) is 2.34. The Balaban J connectivity index is 2.75. The molecule has 0 spiro atoms. The Labute approximate surface area is 95.4 Å². The fourth-order valence-corrected chi connectivity index (χ4v) is 1.33. The second kappa shape index (κ2) is 6.08. The first-order valence-corrected chi connectivity index (χ1v) is 5.11. The van der Waals surface area contributed by atoms with Crippen molar-refractivity contribution in [3.8, 4) is 0 Å². The van der Waals surface area contributed by atoms with Crippen molar-refractivity contribution < 1.29 is 14.6 Å². The zero-order valence-electron chi connectivity index (χ0n) is 9.56. The van der Waals surface area contributed by atoms with Crippen LogP contribution in [0.25, 0.3) is 6.08 Å². The van der Waals surface area contributed by atoms with E-state index in [0.717, 1.165) is 16.7 Å². The summed E-state index contributed by atoms with van der Waals surface area (Å²) in [5.41, 5.74) is 2.98. The van der Waals surface area contributed by atoms with Crippen molar-refractivity contribution in [3.63, 3.8) is 0 Å². The minimum atomic E-state index is -0.257. The Bertz CT molecular complexity index is 394. The summed E-state index contributed by atoms with van der Waals surface area (Å²) in [5.74, 6) is -0.257. The predicted octanol–water partition coefficient (Wildman–Crippen LogP) is 2.06. The third-order valence-electron chi connectivity index (χ3n) is 2.34. The van der Waals surface area contributed by atoms with Gasteiger partial charge in [-0.05, 0) is 29.7 Å². The predicted molar refractivity (Wildman–Crippen MR) is 62.8 cm³/mol. The third kappa shape index (κ3) is 3.51. The lowest BCUT2D eigenvalue weighted by atomic mass is 10.0. The molecule has 1 rings (SSSR count). The first kappa shape index (κ1) is 12.5. The van der Waals surface area contributed by atoms with Gasteiger partial charge in [0.25, 0.3) is 0 Å². The van der Waals surface area contributed by atoms with Gasteiger partial charge in [0.05, 0.1) is 20.1 Å². The molecular formula is C13H16O3. The van der Waals surface area contributed by atoms with Gasteiger partial charge in [-0.3, -0.25) is 4.79 Å². The molecule has 0 saturated heterocycles. The number of methoxy groups -OCH3 is 1. The molecule has 1 N–H and O–H groups in total. The number of carbonyl (C=O) groups excluding carboxylic acids is 1. The summed E-state index contributed by atoms with van der Waals surface area (Å²) in [6.45, 7) is 2.01. The maximum absolute atomic E-state index is 10.9. The molecule has 0 saturated carbocycles. The highest BCUT2D eigenvalue weighted by Crippen LogP contribution is 2.13. The summed E-state index contributed by atoms with van der Waals surface area (Å²) >= 11 is 0. The lowest BCUT2D eigenvalue weighted by molar-refractivity contribution is -0.139. The monoisotopic (exact) mass is 220 g/mol. The first-order valence-electron chi connectivity index (χ1n) is 5.11. The molecule has 0 heterocycles. The van der Waals surface area contributed by atoms with Crippen molar-refractivity contribution in [2.24, 2.45) is 0 Å². The molecular weight excluding hydrogens is 204 g/mol. The Morgan fingerprint density at radius 3 is 2.88 bits per heavy atom. The molecule has 16 heavy (non-hydrogen) atoms. The van der Waals surface area contributed by atoms with E-state index in [4.69, 9.17) is 5.11 Å². The summed E-state index contributed by atoms with van der Waals surface area (Å²) in [6.07, 6.45) is 3.89. The van der Waals surface area contributed by atoms with Gasteiger partial charge in [-0.1, -0.05) is 24.3 Å². The molecule has 0 atom stereocenters. The Morgan fingerprint density at radius 2 is 2.25 bits per heavy atom. The Kier molecular flexibility index (Phi) is 4.73. The molecule has 0 radical (unpaired) electrons. The molecule has 0 amide bonds. The summed E-state index contributed by atoms with van der Waals surface area (Å²) in [6, 6.07) is 5.74. The number of benzene rings is 1. The van der Waals surface area contributed by atoms with Crippen molar-refractivity contribution in [2.75, 3.05) is 7.11 Å². The quantitative estimate of drug-likeness (QED) is 0.790. The lowest BCUT2D eigenvalue weighted by Crippen LogP contribution is -1.96. The van der Waals surface area contributed by atoms with Crippen molar-refractivity contribution in [2.45, 2.75) is 20.0 Å². The normalized spacial score (nSPS) is 10.7. The van der Waals surface area contributed by atoms with Gasteiger partial charge in [-0.2, -0.15) is 0 Å². The zero-order chi connectivity index (χ0) is 12.0. The fraction of sp³-hybridized carbons (Fsp3) is 0.308. The summed E-state index contributed by atoms with van der Waals surface area (Å²) in [7, 11) is 1.37. The van der Waals surface area contributed by atoms with Crippen LogP contribution >= 0.6 is 0 Å². The number of hydrogen-bond donors (Lipinski definition) is 1. The minimum Gasteiger partial charge on any atom is -0.469 e. The lowest BCUT2D eigenvalue weighted by Gasteiger charge is -2.03. The van der Waals surface area contributed by atoms with Crippen LogP contribution in [0.15, 0.2) is 24.3 Å². The standard InChI is InChI=1S/C13H16O3/c1-10-6-7-11(9-14)8-12(10)4-3-5-13(15)16-2/h3-4,6-8,14H,5,9H2,1-2H3. The summed E-state index contributed by atoms with van der Waals surface area (Å²) in [5, 5.41) is 9.01. The van der Waals surface area contributed by atoms with Crippen molar-refractivity contribution in [1.82, 2.24) is 0 Å². The number of aryl methyl sites for hydroxylation is 1. The van der Waals surface area contributed by atoms with Crippen LogP contribution in [0.5, 0.6) is 0 Å². The van der Waals surface area contributed by atoms with Crippen LogP contribution in [-0.4, -0.2) is 18.2 Å². The average Bonchev–Trinajstić information content (AvgIpc) is 2.31. The van der Waals surface area contributed by atoms with Crippen molar-refractivity contribution >= 4 is 12.0 Å². The molecule has 0 unspecified atom stereocenters. The second-order valence-corrected chi connectivity index (χ2v) is 3.53. The van der Waals surface area contributed by atoms with Crippen LogP contribution in [0.4, 0.5) is 0 Å². The highest BCUT2D eigenvalue weighted by Gasteiger charge is 1.98. The molecule has 0 aromatic heterocycles. The number of hydrogen-bond acceptors (Lipinski definition) is 3. The SMILES string of the molecule is COC(=O)CC=Cc1cc(CO)ccc1C. The number of carbonyl (C=O) groups is 1. The van der Waals surface area contributed by atoms with Crippen LogP contribution in [0, 0.1) is 6.92 Å². The molecule has 0 aliphatic heterocycles. The van der Waals surface area contributed by atoms with Crippen LogP contribution in [0.3, 0.4) is 0 Å². The van der Waals surface area contributed by atoms with Gasteiger partial charge in [0, 0.05) is 0 Å². The molecule has 0 fully saturated rings. The van der Waals surface area contributed by atoms with Crippen LogP contribution in [0.1, 0.15) is 23.1 Å². The van der Waals surface area contributed by atoms with Gasteiger partial charge in [-0.25, -0.2) is 0 Å². The van der Waals surface area contributed by atoms with Crippen LogP contribution in [0.2, 0.25) is 0 Å². The highest BCUT2D eigenvalue weighted by molar-refractivity contribution is 5.72. The Morgan fingerprint density at radius 1 is 1.50 bits per heavy atom. The van der Waals surface area contributed by atoms with E-state index in [0.29, 0.717) is 0 Å². The van der Waals surface area contributed by atoms with E-state index in [1.807, 2.05) is 31.2 Å². The van der Waals surface area contributed by atoms with E-state index in [9.17, 15) is 4.79 Å². The first-order chi connectivity index (χ1) is 7.67. The number of aliphatic hydroxyl groups excluding tert-OH is 1. The average molecular weight is 220 g/mol. The van der Waals surface area contributed by atoms with Gasteiger partial charge >= 0.3 is 5.97 Å². The van der Waals surface area contributed by atoms with Gasteiger partial charge in [0.2, 0.25) is 0 Å². The number of esters is 1. The van der Waals surface area contributed by atoms with Gasteiger partial charge < -0.3 is 9.84 Å².